The third-order valence-electron chi connectivity index (χ3n) is 6.15. The molecule has 2 amide bonds. The minimum Gasteiger partial charge on any atom is -0.493 e. The Morgan fingerprint density at radius 3 is 2.10 bits per heavy atom. The van der Waals surface area contributed by atoms with Crippen molar-refractivity contribution in [2.45, 2.75) is 46.7 Å². The van der Waals surface area contributed by atoms with Crippen molar-refractivity contribution < 1.29 is 28.6 Å². The number of hydrazine groups is 1. The maximum absolute atomic E-state index is 13.2. The smallest absolute Gasteiger partial charge is 0.493 e. The summed E-state index contributed by atoms with van der Waals surface area (Å²) in [5.74, 6) is -1.18. The molecule has 0 fully saturated rings. The van der Waals surface area contributed by atoms with E-state index in [1.54, 1.807) is 19.0 Å². The molecule has 41 heavy (non-hydrogen) atoms. The summed E-state index contributed by atoms with van der Waals surface area (Å²) in [4.78, 5) is 42.7. The number of aromatic nitrogens is 1. The van der Waals surface area contributed by atoms with Gasteiger partial charge in [0, 0.05) is 19.3 Å². The Hall–Kier alpha value is -4.44. The van der Waals surface area contributed by atoms with Crippen LogP contribution >= 0.6 is 0 Å². The van der Waals surface area contributed by atoms with Crippen LogP contribution in [0.4, 0.5) is 4.79 Å². The van der Waals surface area contributed by atoms with Crippen LogP contribution in [0.3, 0.4) is 0 Å². The van der Waals surface area contributed by atoms with Crippen LogP contribution < -0.4 is 20.2 Å². The van der Waals surface area contributed by atoms with E-state index >= 15 is 0 Å². The summed E-state index contributed by atoms with van der Waals surface area (Å²) >= 11 is 0. The number of methoxy groups -OCH3 is 1. The molecule has 0 bridgehead atoms. The number of pyridine rings is 1. The van der Waals surface area contributed by atoms with Crippen LogP contribution in [0.5, 0.6) is 11.5 Å². The van der Waals surface area contributed by atoms with Crippen molar-refractivity contribution in [1.29, 1.82) is 0 Å². The summed E-state index contributed by atoms with van der Waals surface area (Å²) in [6.07, 6.45) is 0.345. The standard InChI is InChI=1S/C31H38N4O6/c1-19(2)18-40-31(38)41-28-25(39-7)14-15-32-26(28)30(37)33-22(5)29(36)34-35(6)27(23-12-8-10-20(3)16-23)24-13-9-11-21(4)17-24/h8-17,19,22,27H,18H2,1-7H3,(H,33,37)(H,34,36)/t22-/m0/s1. The summed E-state index contributed by atoms with van der Waals surface area (Å²) in [5.41, 5.74) is 6.87. The lowest BCUT2D eigenvalue weighted by molar-refractivity contribution is -0.127. The largest absolute Gasteiger partial charge is 0.514 e. The second-order valence-electron chi connectivity index (χ2n) is 10.3. The molecule has 3 rings (SSSR count). The first kappa shape index (κ1) is 31.1. The fourth-order valence-corrected chi connectivity index (χ4v) is 4.18. The number of amides is 2. The number of ether oxygens (including phenoxy) is 3. The van der Waals surface area contributed by atoms with E-state index in [9.17, 15) is 14.4 Å². The van der Waals surface area contributed by atoms with E-state index in [4.69, 9.17) is 14.2 Å². The van der Waals surface area contributed by atoms with Gasteiger partial charge in [0.25, 0.3) is 11.8 Å². The maximum atomic E-state index is 13.2. The third kappa shape index (κ3) is 8.52. The van der Waals surface area contributed by atoms with Gasteiger partial charge in [0.05, 0.1) is 19.8 Å². The van der Waals surface area contributed by atoms with E-state index in [2.05, 4.69) is 27.9 Å². The molecular weight excluding hydrogens is 524 g/mol. The maximum Gasteiger partial charge on any atom is 0.514 e. The number of rotatable bonds is 11. The monoisotopic (exact) mass is 562 g/mol. The highest BCUT2D eigenvalue weighted by Crippen LogP contribution is 2.30. The Bertz CT molecular complexity index is 1330. The fourth-order valence-electron chi connectivity index (χ4n) is 4.18. The molecule has 1 aromatic heterocycles. The predicted molar refractivity (Wildman–Crippen MR) is 155 cm³/mol. The lowest BCUT2D eigenvalue weighted by Crippen LogP contribution is -2.51. The Morgan fingerprint density at radius 1 is 0.951 bits per heavy atom. The summed E-state index contributed by atoms with van der Waals surface area (Å²) in [7, 11) is 3.15. The molecular formula is C31H38N4O6. The number of carbonyl (C=O) groups excluding carboxylic acids is 3. The molecule has 0 aliphatic carbocycles. The Labute approximate surface area is 241 Å². The molecule has 1 atom stereocenters. The summed E-state index contributed by atoms with van der Waals surface area (Å²) in [6.45, 7) is 9.48. The first-order valence-electron chi connectivity index (χ1n) is 13.3. The van der Waals surface area contributed by atoms with Crippen molar-refractivity contribution in [2.24, 2.45) is 5.92 Å². The van der Waals surface area contributed by atoms with Gasteiger partial charge in [-0.2, -0.15) is 0 Å². The molecule has 0 radical (unpaired) electrons. The highest BCUT2D eigenvalue weighted by atomic mass is 16.7. The van der Waals surface area contributed by atoms with Crippen molar-refractivity contribution >= 4 is 18.0 Å². The Balaban J connectivity index is 1.77. The zero-order valence-corrected chi connectivity index (χ0v) is 24.6. The van der Waals surface area contributed by atoms with Gasteiger partial charge in [0.1, 0.15) is 6.04 Å². The minimum absolute atomic E-state index is 0.0926. The van der Waals surface area contributed by atoms with Crippen molar-refractivity contribution in [2.75, 3.05) is 20.8 Å². The Morgan fingerprint density at radius 2 is 1.56 bits per heavy atom. The highest BCUT2D eigenvalue weighted by Gasteiger charge is 2.27. The average Bonchev–Trinajstić information content (AvgIpc) is 2.92. The van der Waals surface area contributed by atoms with Gasteiger partial charge in [0.2, 0.25) is 5.75 Å². The van der Waals surface area contributed by atoms with E-state index in [1.165, 1.54) is 19.4 Å². The summed E-state index contributed by atoms with van der Waals surface area (Å²) in [6, 6.07) is 16.4. The highest BCUT2D eigenvalue weighted by molar-refractivity contribution is 5.99. The number of hydrogen-bond donors (Lipinski definition) is 2. The van der Waals surface area contributed by atoms with Gasteiger partial charge in [-0.1, -0.05) is 73.5 Å². The van der Waals surface area contributed by atoms with Crippen LogP contribution in [-0.4, -0.2) is 54.8 Å². The van der Waals surface area contributed by atoms with E-state index < -0.39 is 24.0 Å². The molecule has 0 saturated heterocycles. The number of aryl methyl sites for hydroxylation is 2. The van der Waals surface area contributed by atoms with Crippen LogP contribution in [0.1, 0.15) is 59.6 Å². The van der Waals surface area contributed by atoms with Gasteiger partial charge in [-0.3, -0.25) is 15.0 Å². The van der Waals surface area contributed by atoms with Gasteiger partial charge in [0.15, 0.2) is 11.4 Å². The zero-order valence-electron chi connectivity index (χ0n) is 24.6. The van der Waals surface area contributed by atoms with Gasteiger partial charge in [-0.15, -0.1) is 0 Å². The average molecular weight is 563 g/mol. The van der Waals surface area contributed by atoms with Crippen molar-refractivity contribution in [1.82, 2.24) is 20.7 Å². The van der Waals surface area contributed by atoms with Crippen LogP contribution in [0.25, 0.3) is 0 Å². The molecule has 0 unspecified atom stereocenters. The number of benzene rings is 2. The lowest BCUT2D eigenvalue weighted by atomic mass is 9.96. The van der Waals surface area contributed by atoms with Crippen LogP contribution in [-0.2, 0) is 9.53 Å². The van der Waals surface area contributed by atoms with E-state index in [0.717, 1.165) is 22.3 Å². The molecule has 1 heterocycles. The first-order chi connectivity index (χ1) is 19.5. The number of nitrogens with zero attached hydrogens (tertiary/aromatic N) is 2. The fraction of sp³-hybridized carbons (Fsp3) is 0.355. The molecule has 0 spiro atoms. The van der Waals surface area contributed by atoms with E-state index in [-0.39, 0.29) is 35.8 Å². The molecule has 10 heteroatoms. The lowest BCUT2D eigenvalue weighted by Gasteiger charge is -2.31. The Kier molecular flexibility index (Phi) is 10.8. The normalized spacial score (nSPS) is 11.8. The number of nitrogens with one attached hydrogen (secondary N) is 2. The number of carbonyl (C=O) groups is 3. The number of hydrogen-bond acceptors (Lipinski definition) is 8. The van der Waals surface area contributed by atoms with Gasteiger partial charge in [-0.05, 0) is 37.8 Å². The van der Waals surface area contributed by atoms with Crippen molar-refractivity contribution in [3.63, 3.8) is 0 Å². The van der Waals surface area contributed by atoms with Crippen LogP contribution in [0.15, 0.2) is 60.8 Å². The predicted octanol–water partition coefficient (Wildman–Crippen LogP) is 4.75. The first-order valence-corrected chi connectivity index (χ1v) is 13.3. The molecule has 0 saturated carbocycles. The van der Waals surface area contributed by atoms with E-state index in [0.29, 0.717) is 0 Å². The quantitative estimate of drug-likeness (QED) is 0.254. The molecule has 218 valence electrons. The van der Waals surface area contributed by atoms with Crippen molar-refractivity contribution in [3.8, 4) is 11.5 Å². The minimum atomic E-state index is -0.996. The molecule has 2 N–H and O–H groups in total. The molecule has 10 nitrogen and oxygen atoms in total. The van der Waals surface area contributed by atoms with Crippen molar-refractivity contribution in [3.05, 3.63) is 88.7 Å². The second kappa shape index (κ2) is 14.3. The SMILES string of the molecule is COc1ccnc(C(=O)N[C@@H](C)C(=O)NN(C)C(c2cccc(C)c2)c2cccc(C)c2)c1OC(=O)OCC(C)C. The molecule has 0 aliphatic rings. The van der Waals surface area contributed by atoms with Crippen LogP contribution in [0.2, 0.25) is 0 Å². The van der Waals surface area contributed by atoms with E-state index in [1.807, 2.05) is 64.1 Å². The van der Waals surface area contributed by atoms with Gasteiger partial charge < -0.3 is 19.5 Å². The summed E-state index contributed by atoms with van der Waals surface area (Å²) in [5, 5.41) is 4.35. The van der Waals surface area contributed by atoms with Gasteiger partial charge >= 0.3 is 6.16 Å². The topological polar surface area (TPSA) is 119 Å². The molecule has 0 aliphatic heterocycles. The molecule has 3 aromatic rings. The second-order valence-corrected chi connectivity index (χ2v) is 10.3. The third-order valence-corrected chi connectivity index (χ3v) is 6.15. The zero-order chi connectivity index (χ0) is 30.1. The van der Waals surface area contributed by atoms with Crippen LogP contribution in [0, 0.1) is 19.8 Å². The molecule has 2 aromatic carbocycles. The summed E-state index contributed by atoms with van der Waals surface area (Å²) < 4.78 is 15.6. The van der Waals surface area contributed by atoms with Gasteiger partial charge in [-0.25, -0.2) is 14.8 Å².